The number of phenolic OH excluding ortho intramolecular Hbond substituents is 1. The van der Waals surface area contributed by atoms with Gasteiger partial charge in [0.15, 0.2) is 0 Å². The Hall–Kier alpha value is -2.28. The van der Waals surface area contributed by atoms with Gasteiger partial charge in [-0.3, -0.25) is 0 Å². The molecule has 0 bridgehead atoms. The molecule has 0 radical (unpaired) electrons. The number of hydrogen-bond acceptors (Lipinski definition) is 6. The summed E-state index contributed by atoms with van der Waals surface area (Å²) in [4.78, 5) is 11.2. The number of carbonyl (C=O) groups is 1. The standard InChI is InChI=1S/C13H12N2O4S/c1-2-11-14-15-13(19-11)20-10(12(17)18)7-8-5-3-4-6-9(8)16/h3-7,16H,2H2,1H3,(H,17,18)/b10-7-. The molecule has 2 aromatic rings. The zero-order chi connectivity index (χ0) is 14.5. The van der Waals surface area contributed by atoms with Crippen LogP contribution in [0.3, 0.4) is 0 Å². The number of carboxylic acids is 1. The molecule has 20 heavy (non-hydrogen) atoms. The van der Waals surface area contributed by atoms with Crippen LogP contribution < -0.4 is 0 Å². The number of thioether (sulfide) groups is 1. The Morgan fingerprint density at radius 3 is 2.75 bits per heavy atom. The van der Waals surface area contributed by atoms with Crippen LogP contribution in [0.5, 0.6) is 5.75 Å². The third kappa shape index (κ3) is 3.39. The van der Waals surface area contributed by atoms with Gasteiger partial charge in [0, 0.05) is 12.0 Å². The van der Waals surface area contributed by atoms with Gasteiger partial charge in [0.2, 0.25) is 5.89 Å². The molecule has 0 aliphatic rings. The van der Waals surface area contributed by atoms with E-state index < -0.39 is 5.97 Å². The highest BCUT2D eigenvalue weighted by molar-refractivity contribution is 8.03. The van der Waals surface area contributed by atoms with Crippen LogP contribution >= 0.6 is 11.8 Å². The van der Waals surface area contributed by atoms with Crippen molar-refractivity contribution in [2.24, 2.45) is 0 Å². The monoisotopic (exact) mass is 292 g/mol. The summed E-state index contributed by atoms with van der Waals surface area (Å²) in [7, 11) is 0. The minimum atomic E-state index is -1.13. The molecule has 7 heteroatoms. The molecule has 0 saturated heterocycles. The topological polar surface area (TPSA) is 96.5 Å². The summed E-state index contributed by atoms with van der Waals surface area (Å²) in [6, 6.07) is 6.46. The van der Waals surface area contributed by atoms with Crippen LogP contribution in [-0.2, 0) is 11.2 Å². The Morgan fingerprint density at radius 1 is 1.40 bits per heavy atom. The lowest BCUT2D eigenvalue weighted by Crippen LogP contribution is -1.96. The average molecular weight is 292 g/mol. The number of aryl methyl sites for hydroxylation is 1. The van der Waals surface area contributed by atoms with Crippen LogP contribution in [0.1, 0.15) is 18.4 Å². The Balaban J connectivity index is 2.27. The van der Waals surface area contributed by atoms with Crippen molar-refractivity contribution >= 4 is 23.8 Å². The summed E-state index contributed by atoms with van der Waals surface area (Å²) in [5.74, 6) is -0.680. The number of aliphatic carboxylic acids is 1. The molecule has 6 nitrogen and oxygen atoms in total. The first-order chi connectivity index (χ1) is 9.60. The molecule has 2 N–H and O–H groups in total. The van der Waals surface area contributed by atoms with Crippen LogP contribution in [0.15, 0.2) is 38.8 Å². The fraction of sp³-hybridized carbons (Fsp3) is 0.154. The first-order valence-electron chi connectivity index (χ1n) is 5.83. The van der Waals surface area contributed by atoms with Crippen molar-refractivity contribution in [3.8, 4) is 5.75 Å². The number of para-hydroxylation sites is 1. The second-order valence-corrected chi connectivity index (χ2v) is 4.78. The van der Waals surface area contributed by atoms with Gasteiger partial charge in [-0.1, -0.05) is 25.1 Å². The smallest absolute Gasteiger partial charge is 0.342 e. The zero-order valence-corrected chi connectivity index (χ0v) is 11.4. The highest BCUT2D eigenvalue weighted by atomic mass is 32.2. The fourth-order valence-corrected chi connectivity index (χ4v) is 2.08. The number of carboxylic acid groups (broad SMARTS) is 1. The van der Waals surface area contributed by atoms with Gasteiger partial charge in [-0.25, -0.2) is 4.79 Å². The maximum absolute atomic E-state index is 11.2. The predicted octanol–water partition coefficient (Wildman–Crippen LogP) is 2.56. The number of aromatic nitrogens is 2. The van der Waals surface area contributed by atoms with E-state index in [0.29, 0.717) is 17.9 Å². The number of rotatable bonds is 5. The van der Waals surface area contributed by atoms with E-state index in [2.05, 4.69) is 10.2 Å². The van der Waals surface area contributed by atoms with Gasteiger partial charge in [0.25, 0.3) is 5.22 Å². The first-order valence-corrected chi connectivity index (χ1v) is 6.65. The third-order valence-corrected chi connectivity index (χ3v) is 3.23. The van der Waals surface area contributed by atoms with Crippen LogP contribution in [0.2, 0.25) is 0 Å². The van der Waals surface area contributed by atoms with E-state index in [4.69, 9.17) is 4.42 Å². The highest BCUT2D eigenvalue weighted by Crippen LogP contribution is 2.29. The van der Waals surface area contributed by atoms with Gasteiger partial charge >= 0.3 is 5.97 Å². The number of nitrogens with zero attached hydrogens (tertiary/aromatic N) is 2. The van der Waals surface area contributed by atoms with E-state index in [-0.39, 0.29) is 15.9 Å². The molecule has 0 atom stereocenters. The molecule has 0 aliphatic carbocycles. The van der Waals surface area contributed by atoms with Crippen molar-refractivity contribution in [1.82, 2.24) is 10.2 Å². The maximum Gasteiger partial charge on any atom is 0.342 e. The van der Waals surface area contributed by atoms with Crippen molar-refractivity contribution < 1.29 is 19.4 Å². The SMILES string of the molecule is CCc1nnc(S/C(=C\c2ccccc2O)C(=O)O)o1. The largest absolute Gasteiger partial charge is 0.507 e. The van der Waals surface area contributed by atoms with Crippen LogP contribution in [0.4, 0.5) is 0 Å². The Bertz CT molecular complexity index is 651. The normalized spacial score (nSPS) is 11.6. The summed E-state index contributed by atoms with van der Waals surface area (Å²) >= 11 is 0.847. The Labute approximate surface area is 119 Å². The quantitative estimate of drug-likeness (QED) is 0.645. The molecular formula is C13H12N2O4S. The lowest BCUT2D eigenvalue weighted by molar-refractivity contribution is -0.131. The van der Waals surface area contributed by atoms with E-state index >= 15 is 0 Å². The molecule has 0 unspecified atom stereocenters. The van der Waals surface area contributed by atoms with Crippen molar-refractivity contribution in [2.75, 3.05) is 0 Å². The zero-order valence-electron chi connectivity index (χ0n) is 10.6. The number of benzene rings is 1. The van der Waals surface area contributed by atoms with E-state index in [1.165, 1.54) is 12.1 Å². The van der Waals surface area contributed by atoms with Crippen molar-refractivity contribution in [3.63, 3.8) is 0 Å². The van der Waals surface area contributed by atoms with Gasteiger partial charge in [-0.05, 0) is 23.9 Å². The van der Waals surface area contributed by atoms with Crippen molar-refractivity contribution in [3.05, 3.63) is 40.6 Å². The van der Waals surface area contributed by atoms with Crippen LogP contribution in [0.25, 0.3) is 6.08 Å². The molecule has 2 rings (SSSR count). The molecular weight excluding hydrogens is 280 g/mol. The number of hydrogen-bond donors (Lipinski definition) is 2. The third-order valence-electron chi connectivity index (χ3n) is 2.38. The van der Waals surface area contributed by atoms with Gasteiger partial charge in [-0.15, -0.1) is 10.2 Å². The molecule has 1 heterocycles. The second-order valence-electron chi connectivity index (χ2n) is 3.79. The molecule has 0 aliphatic heterocycles. The van der Waals surface area contributed by atoms with E-state index in [1.807, 2.05) is 6.92 Å². The summed E-state index contributed by atoms with van der Waals surface area (Å²) in [6.07, 6.45) is 1.94. The summed E-state index contributed by atoms with van der Waals surface area (Å²) in [5, 5.41) is 26.5. The maximum atomic E-state index is 11.2. The van der Waals surface area contributed by atoms with Gasteiger partial charge in [-0.2, -0.15) is 0 Å². The molecule has 0 amide bonds. The first kappa shape index (κ1) is 14.1. The van der Waals surface area contributed by atoms with Crippen LogP contribution in [-0.4, -0.2) is 26.4 Å². The van der Waals surface area contributed by atoms with Crippen molar-refractivity contribution in [2.45, 2.75) is 18.6 Å². The van der Waals surface area contributed by atoms with E-state index in [0.717, 1.165) is 11.8 Å². The van der Waals surface area contributed by atoms with Gasteiger partial charge in [0.05, 0.1) is 0 Å². The second kappa shape index (κ2) is 6.25. The lowest BCUT2D eigenvalue weighted by atomic mass is 10.2. The number of aromatic hydroxyl groups is 1. The molecule has 1 aromatic carbocycles. The van der Waals surface area contributed by atoms with Gasteiger partial charge < -0.3 is 14.6 Å². The minimum Gasteiger partial charge on any atom is -0.507 e. The Morgan fingerprint density at radius 2 is 2.15 bits per heavy atom. The molecule has 0 spiro atoms. The fourth-order valence-electron chi connectivity index (χ4n) is 1.40. The average Bonchev–Trinajstić information content (AvgIpc) is 2.88. The van der Waals surface area contributed by atoms with E-state index in [9.17, 15) is 15.0 Å². The predicted molar refractivity (Wildman–Crippen MR) is 73.3 cm³/mol. The van der Waals surface area contributed by atoms with Crippen LogP contribution in [0, 0.1) is 0 Å². The minimum absolute atomic E-state index is 0.00614. The Kier molecular flexibility index (Phi) is 4.41. The number of phenols is 1. The van der Waals surface area contributed by atoms with Crippen molar-refractivity contribution in [1.29, 1.82) is 0 Å². The summed E-state index contributed by atoms with van der Waals surface area (Å²) in [6.45, 7) is 1.86. The van der Waals surface area contributed by atoms with E-state index in [1.54, 1.807) is 18.2 Å². The molecule has 104 valence electrons. The molecule has 0 fully saturated rings. The lowest BCUT2D eigenvalue weighted by Gasteiger charge is -2.01. The highest BCUT2D eigenvalue weighted by Gasteiger charge is 2.15. The summed E-state index contributed by atoms with van der Waals surface area (Å²) in [5.41, 5.74) is 0.410. The molecule has 1 aromatic heterocycles. The molecule has 0 saturated carbocycles. The van der Waals surface area contributed by atoms with Gasteiger partial charge in [0.1, 0.15) is 10.7 Å². The summed E-state index contributed by atoms with van der Waals surface area (Å²) < 4.78 is 5.26.